The number of halogens is 1. The summed E-state index contributed by atoms with van der Waals surface area (Å²) < 4.78 is 24.0. The van der Waals surface area contributed by atoms with Gasteiger partial charge in [0.1, 0.15) is 11.6 Å². The SMILES string of the molecule is CCCCOCc1cc(C(=O)N[C@@H](C)c2ccc(F)cc2)ccc1OC. The summed E-state index contributed by atoms with van der Waals surface area (Å²) in [4.78, 5) is 12.6. The van der Waals surface area contributed by atoms with Gasteiger partial charge in [-0.25, -0.2) is 4.39 Å². The Kier molecular flexibility index (Phi) is 7.60. The van der Waals surface area contributed by atoms with Crippen molar-refractivity contribution in [3.8, 4) is 5.75 Å². The maximum atomic E-state index is 13.0. The summed E-state index contributed by atoms with van der Waals surface area (Å²) in [5, 5.41) is 2.93. The first kappa shape index (κ1) is 19.9. The normalized spacial score (nSPS) is 11.8. The highest BCUT2D eigenvalue weighted by Crippen LogP contribution is 2.22. The molecule has 2 aromatic rings. The lowest BCUT2D eigenvalue weighted by atomic mass is 10.1. The van der Waals surface area contributed by atoms with Crippen molar-refractivity contribution in [2.45, 2.75) is 39.3 Å². The molecule has 0 spiro atoms. The zero-order valence-electron chi connectivity index (χ0n) is 15.5. The highest BCUT2D eigenvalue weighted by molar-refractivity contribution is 5.94. The van der Waals surface area contributed by atoms with Crippen molar-refractivity contribution in [2.24, 2.45) is 0 Å². The summed E-state index contributed by atoms with van der Waals surface area (Å²) in [6, 6.07) is 11.2. The van der Waals surface area contributed by atoms with Gasteiger partial charge in [0.2, 0.25) is 0 Å². The molecule has 0 aromatic heterocycles. The minimum Gasteiger partial charge on any atom is -0.496 e. The van der Waals surface area contributed by atoms with Crippen LogP contribution in [0.15, 0.2) is 42.5 Å². The van der Waals surface area contributed by atoms with Crippen molar-refractivity contribution in [3.05, 3.63) is 65.0 Å². The van der Waals surface area contributed by atoms with E-state index in [4.69, 9.17) is 9.47 Å². The molecule has 0 bridgehead atoms. The molecule has 0 heterocycles. The van der Waals surface area contributed by atoms with Gasteiger partial charge < -0.3 is 14.8 Å². The van der Waals surface area contributed by atoms with E-state index in [1.54, 1.807) is 37.4 Å². The number of hydrogen-bond acceptors (Lipinski definition) is 3. The largest absolute Gasteiger partial charge is 0.496 e. The van der Waals surface area contributed by atoms with Crippen LogP contribution in [0.3, 0.4) is 0 Å². The van der Waals surface area contributed by atoms with Crippen LogP contribution >= 0.6 is 0 Å². The van der Waals surface area contributed by atoms with E-state index >= 15 is 0 Å². The van der Waals surface area contributed by atoms with Crippen molar-refractivity contribution in [1.29, 1.82) is 0 Å². The van der Waals surface area contributed by atoms with Crippen molar-refractivity contribution in [1.82, 2.24) is 5.32 Å². The Morgan fingerprint density at radius 1 is 1.19 bits per heavy atom. The van der Waals surface area contributed by atoms with Crippen molar-refractivity contribution >= 4 is 5.91 Å². The minimum absolute atomic E-state index is 0.195. The van der Waals surface area contributed by atoms with Crippen molar-refractivity contribution in [2.75, 3.05) is 13.7 Å². The van der Waals surface area contributed by atoms with Gasteiger partial charge in [0.05, 0.1) is 19.8 Å². The third-order valence-corrected chi connectivity index (χ3v) is 4.16. The van der Waals surface area contributed by atoms with Gasteiger partial charge in [0.25, 0.3) is 5.91 Å². The molecule has 1 atom stereocenters. The van der Waals surface area contributed by atoms with Gasteiger partial charge in [-0.3, -0.25) is 4.79 Å². The van der Waals surface area contributed by atoms with Crippen LogP contribution < -0.4 is 10.1 Å². The molecule has 4 nitrogen and oxygen atoms in total. The van der Waals surface area contributed by atoms with E-state index in [0.717, 1.165) is 24.0 Å². The minimum atomic E-state index is -0.296. The molecule has 26 heavy (non-hydrogen) atoms. The van der Waals surface area contributed by atoms with Gasteiger partial charge in [0, 0.05) is 17.7 Å². The number of nitrogens with one attached hydrogen (secondary N) is 1. The predicted molar refractivity (Wildman–Crippen MR) is 99.8 cm³/mol. The van der Waals surface area contributed by atoms with Crippen molar-refractivity contribution in [3.63, 3.8) is 0 Å². The van der Waals surface area contributed by atoms with Crippen LogP contribution in [0.1, 0.15) is 54.2 Å². The standard InChI is InChI=1S/C21H26FNO3/c1-4-5-12-26-14-18-13-17(8-11-20(18)25-3)21(24)23-15(2)16-6-9-19(22)10-7-16/h6-11,13,15H,4-5,12,14H2,1-3H3,(H,23,24)/t15-/m0/s1. The Morgan fingerprint density at radius 3 is 2.58 bits per heavy atom. The summed E-state index contributed by atoms with van der Waals surface area (Å²) in [6.07, 6.45) is 2.07. The first-order valence-corrected chi connectivity index (χ1v) is 8.86. The van der Waals surface area contributed by atoms with Gasteiger partial charge in [-0.1, -0.05) is 25.5 Å². The molecule has 1 N–H and O–H groups in total. The Morgan fingerprint density at radius 2 is 1.92 bits per heavy atom. The summed E-state index contributed by atoms with van der Waals surface area (Å²) in [5.74, 6) is 0.207. The fourth-order valence-electron chi connectivity index (χ4n) is 2.58. The molecule has 0 unspecified atom stereocenters. The lowest BCUT2D eigenvalue weighted by Gasteiger charge is -2.16. The Balaban J connectivity index is 2.06. The monoisotopic (exact) mass is 359 g/mol. The van der Waals surface area contributed by atoms with E-state index < -0.39 is 0 Å². The van der Waals surface area contributed by atoms with Crippen LogP contribution in [-0.4, -0.2) is 19.6 Å². The predicted octanol–water partition coefficient (Wildman–Crippen LogP) is 4.64. The Bertz CT molecular complexity index is 716. The number of unbranched alkanes of at least 4 members (excludes halogenated alkanes) is 1. The molecule has 0 fully saturated rings. The molecule has 0 aliphatic heterocycles. The number of benzene rings is 2. The average molecular weight is 359 g/mol. The molecule has 0 saturated heterocycles. The van der Waals surface area contributed by atoms with Crippen molar-refractivity contribution < 1.29 is 18.7 Å². The number of carbonyl (C=O) groups excluding carboxylic acids is 1. The van der Waals surface area contributed by atoms with E-state index in [2.05, 4.69) is 12.2 Å². The fourth-order valence-corrected chi connectivity index (χ4v) is 2.58. The second kappa shape index (κ2) is 9.92. The first-order valence-electron chi connectivity index (χ1n) is 8.86. The zero-order valence-corrected chi connectivity index (χ0v) is 15.5. The molecule has 140 valence electrons. The number of methoxy groups -OCH3 is 1. The smallest absolute Gasteiger partial charge is 0.251 e. The number of amides is 1. The van der Waals surface area contributed by atoms with E-state index in [0.29, 0.717) is 24.5 Å². The van der Waals surface area contributed by atoms with Crippen LogP contribution in [0.25, 0.3) is 0 Å². The summed E-state index contributed by atoms with van der Waals surface area (Å²) in [5.41, 5.74) is 2.22. The highest BCUT2D eigenvalue weighted by Gasteiger charge is 2.14. The Hall–Kier alpha value is -2.40. The topological polar surface area (TPSA) is 47.6 Å². The summed E-state index contributed by atoms with van der Waals surface area (Å²) in [7, 11) is 1.60. The van der Waals surface area contributed by atoms with E-state index in [1.807, 2.05) is 6.92 Å². The number of ether oxygens (including phenoxy) is 2. The maximum absolute atomic E-state index is 13.0. The van der Waals surface area contributed by atoms with Gasteiger partial charge in [-0.15, -0.1) is 0 Å². The molecule has 1 amide bonds. The third-order valence-electron chi connectivity index (χ3n) is 4.16. The Labute approximate surface area is 154 Å². The fraction of sp³-hybridized carbons (Fsp3) is 0.381. The zero-order chi connectivity index (χ0) is 18.9. The molecule has 0 aliphatic carbocycles. The quantitative estimate of drug-likeness (QED) is 0.664. The van der Waals surface area contributed by atoms with Gasteiger partial charge in [0.15, 0.2) is 0 Å². The lowest BCUT2D eigenvalue weighted by Crippen LogP contribution is -2.26. The number of carbonyl (C=O) groups is 1. The molecular weight excluding hydrogens is 333 g/mol. The highest BCUT2D eigenvalue weighted by atomic mass is 19.1. The van der Waals surface area contributed by atoms with E-state index in [-0.39, 0.29) is 17.8 Å². The van der Waals surface area contributed by atoms with Gasteiger partial charge >= 0.3 is 0 Å². The summed E-state index contributed by atoms with van der Waals surface area (Å²) >= 11 is 0. The van der Waals surface area contributed by atoms with Crippen LogP contribution in [0.2, 0.25) is 0 Å². The molecule has 0 radical (unpaired) electrons. The number of rotatable bonds is 9. The van der Waals surface area contributed by atoms with Crippen LogP contribution in [-0.2, 0) is 11.3 Å². The van der Waals surface area contributed by atoms with Crippen LogP contribution in [0, 0.1) is 5.82 Å². The summed E-state index contributed by atoms with van der Waals surface area (Å²) in [6.45, 7) is 5.05. The van der Waals surface area contributed by atoms with E-state index in [1.165, 1.54) is 12.1 Å². The van der Waals surface area contributed by atoms with Gasteiger partial charge in [-0.2, -0.15) is 0 Å². The van der Waals surface area contributed by atoms with Crippen LogP contribution in [0.5, 0.6) is 5.75 Å². The molecular formula is C21H26FNO3. The molecule has 0 aliphatic rings. The average Bonchev–Trinajstić information content (AvgIpc) is 2.65. The first-order chi connectivity index (χ1) is 12.5. The molecule has 2 aromatic carbocycles. The van der Waals surface area contributed by atoms with Gasteiger partial charge in [-0.05, 0) is 49.2 Å². The second-order valence-corrected chi connectivity index (χ2v) is 6.18. The molecule has 2 rings (SSSR count). The van der Waals surface area contributed by atoms with E-state index in [9.17, 15) is 9.18 Å². The number of hydrogen-bond donors (Lipinski definition) is 1. The molecule has 0 saturated carbocycles. The lowest BCUT2D eigenvalue weighted by molar-refractivity contribution is 0.0938. The third kappa shape index (κ3) is 5.56. The molecule has 5 heteroatoms. The maximum Gasteiger partial charge on any atom is 0.251 e. The second-order valence-electron chi connectivity index (χ2n) is 6.18. The van der Waals surface area contributed by atoms with Crippen LogP contribution in [0.4, 0.5) is 4.39 Å².